The number of carbonyl (C=O) groups excluding carboxylic acids is 4. The van der Waals surface area contributed by atoms with Gasteiger partial charge in [-0.1, -0.05) is 368 Å². The van der Waals surface area contributed by atoms with Crippen molar-refractivity contribution in [1.29, 1.82) is 0 Å². The minimum atomic E-state index is -6.05. The number of carbonyl (C=O) groups is 4. The maximum absolute atomic E-state index is 14.8. The summed E-state index contributed by atoms with van der Waals surface area (Å²) in [5, 5.41) is 102. The minimum absolute atomic E-state index is 0. The number of hydrogen-bond donors (Lipinski definition) is 9. The Labute approximate surface area is 728 Å². The summed E-state index contributed by atoms with van der Waals surface area (Å²) in [6.45, 7) is 5.51. The molecule has 18 atom stereocenters. The van der Waals surface area contributed by atoms with Crippen LogP contribution in [-0.2, 0) is 70.7 Å². The van der Waals surface area contributed by atoms with Crippen LogP contribution < -0.4 is 34.5 Å². The predicted molar refractivity (Wildman–Crippen MR) is 447 cm³/mol. The maximum atomic E-state index is 14.8. The monoisotopic (exact) mass is 1700 g/mol. The summed E-state index contributed by atoms with van der Waals surface area (Å²) in [5.41, 5.74) is 0. The maximum Gasteiger partial charge on any atom is 1.00 e. The first kappa shape index (κ1) is 112. The molecule has 9 N–H and O–H groups in total. The molecule has 2 aliphatic heterocycles. The van der Waals surface area contributed by atoms with E-state index in [9.17, 15) is 74.6 Å². The second kappa shape index (κ2) is 72.6. The summed E-state index contributed by atoms with van der Waals surface area (Å²) in [6.07, 6.45) is 25.9. The smallest absolute Gasteiger partial charge is 0.756 e. The Bertz CT molecular complexity index is 2420. The van der Waals surface area contributed by atoms with Crippen LogP contribution in [0.5, 0.6) is 0 Å². The van der Waals surface area contributed by atoms with Gasteiger partial charge >= 0.3 is 53.4 Å². The Morgan fingerprint density at radius 1 is 0.325 bits per heavy atom. The van der Waals surface area contributed by atoms with Crippen LogP contribution in [0.1, 0.15) is 419 Å². The molecule has 3 fully saturated rings. The Morgan fingerprint density at radius 2 is 0.607 bits per heavy atom. The Morgan fingerprint density at radius 3 is 0.949 bits per heavy atom. The average Bonchev–Trinajstić information content (AvgIpc) is 0.754. The number of rotatable bonds is 77. The molecule has 117 heavy (non-hydrogen) atoms. The fourth-order valence-electron chi connectivity index (χ4n) is 15.8. The van der Waals surface area contributed by atoms with Crippen LogP contribution >= 0.6 is 7.82 Å². The van der Waals surface area contributed by atoms with Crippen molar-refractivity contribution in [3.63, 3.8) is 0 Å². The molecule has 0 amide bonds. The topological polar surface area (TPSA) is 383 Å². The molecule has 3 rings (SSSR count). The Hall–Kier alpha value is -1.53. The molecule has 0 aromatic heterocycles. The Balaban J connectivity index is 0.0000464. The van der Waals surface area contributed by atoms with E-state index in [1.807, 2.05) is 0 Å². The van der Waals surface area contributed by atoms with Crippen molar-refractivity contribution in [1.82, 2.24) is 0 Å². The quantitative estimate of drug-likeness (QED) is 0.00898. The molecule has 25 nitrogen and oxygen atoms in total. The summed E-state index contributed by atoms with van der Waals surface area (Å²) in [5.74, 6) is -3.00. The largest absolute Gasteiger partial charge is 1.00 e. The molecular formula is C90H168NaO25P. The number of phosphoric acid groups is 1. The third-order valence-electron chi connectivity index (χ3n) is 23.4. The second-order valence-corrected chi connectivity index (χ2v) is 35.2. The molecule has 2 saturated heterocycles. The summed E-state index contributed by atoms with van der Waals surface area (Å²) < 4.78 is 72.9. The van der Waals surface area contributed by atoms with Crippen LogP contribution in [-0.4, -0.2) is 200 Å². The summed E-state index contributed by atoms with van der Waals surface area (Å²) in [4.78, 5) is 69.1. The van der Waals surface area contributed by atoms with E-state index in [1.165, 1.54) is 205 Å². The minimum Gasteiger partial charge on any atom is -0.756 e. The summed E-state index contributed by atoms with van der Waals surface area (Å²) >= 11 is 0. The molecule has 684 valence electrons. The molecule has 27 heteroatoms. The molecule has 1 saturated carbocycles. The van der Waals surface area contributed by atoms with Crippen LogP contribution in [0.15, 0.2) is 0 Å². The SMILES string of the molecule is CCCCCCCCCCCCCCCCCCC(=O)OC[C@H](COP(=O)([O-])O[C@@H]1[C@H](O[C@H]2O[C@H](COC(=O)CCCCCCCCCCCCCCC)[C@@H](O)[C@H](O)[C@@H]2O)[C@H](OC(=O)CCCCCCCCCCCCCCCCC)[C@@H](O)[C@H](O)[C@H]1O[C@H]1O[C@H](CO)[C@@H](O)[C@H](O)[C@@H]1O)OC(=O)CCCCCCCCCCCCCCC.[Na+]. The van der Waals surface area contributed by atoms with Crippen molar-refractivity contribution in [2.45, 2.75) is 524 Å². The Kier molecular flexibility index (Phi) is 69.2. The molecule has 0 radical (unpaired) electrons. The van der Waals surface area contributed by atoms with Crippen molar-refractivity contribution in [2.24, 2.45) is 0 Å². The molecule has 2 heterocycles. The first-order valence-electron chi connectivity index (χ1n) is 47.2. The molecule has 0 aromatic rings. The average molecular weight is 1700 g/mol. The molecular weight excluding hydrogens is 1530 g/mol. The number of phosphoric ester groups is 1. The van der Waals surface area contributed by atoms with Crippen LogP contribution in [0.25, 0.3) is 0 Å². The normalized spacial score (nSPS) is 24.9. The van der Waals surface area contributed by atoms with Gasteiger partial charge in [0.05, 0.1) is 13.2 Å². The fraction of sp³-hybridized carbons (Fsp3) is 0.956. The zero-order valence-electron chi connectivity index (χ0n) is 73.8. The number of ether oxygens (including phenoxy) is 8. The fourth-order valence-corrected chi connectivity index (χ4v) is 16.8. The van der Waals surface area contributed by atoms with Crippen LogP contribution in [0.2, 0.25) is 0 Å². The van der Waals surface area contributed by atoms with Gasteiger partial charge in [-0.25, -0.2) is 0 Å². The number of aliphatic hydroxyl groups is 9. The van der Waals surface area contributed by atoms with E-state index in [2.05, 4.69) is 27.7 Å². The third-order valence-corrected chi connectivity index (χ3v) is 24.3. The van der Waals surface area contributed by atoms with E-state index in [-0.39, 0.29) is 55.2 Å². The van der Waals surface area contributed by atoms with E-state index < -0.39 is 162 Å². The van der Waals surface area contributed by atoms with Crippen molar-refractivity contribution in [3.8, 4) is 0 Å². The number of hydrogen-bond acceptors (Lipinski definition) is 25. The molecule has 0 spiro atoms. The van der Waals surface area contributed by atoms with Gasteiger partial charge in [0.25, 0.3) is 7.82 Å². The number of esters is 4. The van der Waals surface area contributed by atoms with Gasteiger partial charge in [0.1, 0.15) is 92.6 Å². The third kappa shape index (κ3) is 52.3. The van der Waals surface area contributed by atoms with Gasteiger partial charge in [-0.3, -0.25) is 23.7 Å². The van der Waals surface area contributed by atoms with Crippen LogP contribution in [0.4, 0.5) is 0 Å². The first-order chi connectivity index (χ1) is 56.2. The van der Waals surface area contributed by atoms with E-state index >= 15 is 0 Å². The van der Waals surface area contributed by atoms with Gasteiger partial charge in [0.15, 0.2) is 24.8 Å². The van der Waals surface area contributed by atoms with Crippen molar-refractivity contribution in [2.75, 3.05) is 26.4 Å². The van der Waals surface area contributed by atoms with Gasteiger partial charge in [-0.05, 0) is 25.7 Å². The molecule has 0 aromatic carbocycles. The summed E-state index contributed by atoms with van der Waals surface area (Å²) in [6, 6.07) is 0. The standard InChI is InChI=1S/C90H169O25P.Na/c1-5-9-13-17-21-25-29-33-35-37-40-43-46-50-54-58-62-73(92)106-67-70(109-75(94)64-60-56-52-48-44-39-32-28-24-20-16-12-8-4)68-108-116(104,105)115-88-86(113-89-83(102)79(98)77(96)71(66-91)110-89)82(101)81(100)85(112-76(95)65-61-57-53-49-45-41-36-34-30-26-22-18-14-10-6-2)87(88)114-90-84(103)80(99)78(97)72(111-90)69-107-74(93)63-59-55-51-47-42-38-31-27-23-19-15-11-7-3;/h70-72,77-91,96-103H,5-69H2,1-4H3,(H,104,105);/q;+1/p-1/t70-,71-,72-,77-,78-,79+,80+,81+,82+,83+,84+,85-,86-,87-,88+,89-,90-;/m1./s1. The van der Waals surface area contributed by atoms with Gasteiger partial charge in [-0.2, -0.15) is 0 Å². The molecule has 0 bridgehead atoms. The molecule has 3 aliphatic rings. The zero-order chi connectivity index (χ0) is 84.7. The summed E-state index contributed by atoms with van der Waals surface area (Å²) in [7, 11) is -6.05. The molecule has 1 aliphatic carbocycles. The van der Waals surface area contributed by atoms with Crippen molar-refractivity contribution < 1.29 is 151 Å². The van der Waals surface area contributed by atoms with E-state index in [1.54, 1.807) is 0 Å². The van der Waals surface area contributed by atoms with E-state index in [0.717, 1.165) is 122 Å². The van der Waals surface area contributed by atoms with E-state index in [0.29, 0.717) is 38.5 Å². The number of unbranched alkanes of at least 4 members (excludes halogenated alkanes) is 53. The van der Waals surface area contributed by atoms with Gasteiger partial charge < -0.3 is 97.8 Å². The van der Waals surface area contributed by atoms with Gasteiger partial charge in [0.2, 0.25) is 0 Å². The van der Waals surface area contributed by atoms with Crippen molar-refractivity contribution in [3.05, 3.63) is 0 Å². The van der Waals surface area contributed by atoms with Crippen LogP contribution in [0, 0.1) is 0 Å². The van der Waals surface area contributed by atoms with Gasteiger partial charge in [0, 0.05) is 25.7 Å². The second-order valence-electron chi connectivity index (χ2n) is 33.9. The molecule has 1 unspecified atom stereocenters. The van der Waals surface area contributed by atoms with Crippen molar-refractivity contribution >= 4 is 31.7 Å². The zero-order valence-corrected chi connectivity index (χ0v) is 76.7. The predicted octanol–water partition coefficient (Wildman–Crippen LogP) is 13.8. The number of aliphatic hydroxyl groups excluding tert-OH is 9. The van der Waals surface area contributed by atoms with Crippen LogP contribution in [0.3, 0.4) is 0 Å². The first-order valence-corrected chi connectivity index (χ1v) is 48.7. The van der Waals surface area contributed by atoms with E-state index in [4.69, 9.17) is 46.9 Å². The van der Waals surface area contributed by atoms with Gasteiger partial charge in [-0.15, -0.1) is 0 Å².